The van der Waals surface area contributed by atoms with Crippen molar-refractivity contribution in [2.75, 3.05) is 0 Å². The molecule has 1 aromatic rings. The monoisotopic (exact) mass is 302 g/mol. The number of nitrogens with one attached hydrogen (secondary N) is 2. The molecule has 6 heteroatoms. The van der Waals surface area contributed by atoms with E-state index < -0.39 is 17.8 Å². The van der Waals surface area contributed by atoms with Crippen molar-refractivity contribution in [2.45, 2.75) is 51.9 Å². The van der Waals surface area contributed by atoms with Crippen molar-refractivity contribution in [1.29, 1.82) is 0 Å². The Morgan fingerprint density at radius 3 is 2.33 bits per heavy atom. The molecule has 0 radical (unpaired) electrons. The lowest BCUT2D eigenvalue weighted by molar-refractivity contribution is -0.137. The lowest BCUT2D eigenvalue weighted by Crippen LogP contribution is -2.42. The number of carbonyl (C=O) groups excluding carboxylic acids is 1. The minimum Gasteiger partial charge on any atom is -0.335 e. The molecule has 0 heterocycles. The molecule has 0 aliphatic rings. The van der Waals surface area contributed by atoms with E-state index >= 15 is 0 Å². The van der Waals surface area contributed by atoms with Gasteiger partial charge < -0.3 is 10.6 Å². The summed E-state index contributed by atoms with van der Waals surface area (Å²) in [6, 6.07) is 4.18. The zero-order valence-electron chi connectivity index (χ0n) is 12.4. The van der Waals surface area contributed by atoms with E-state index in [9.17, 15) is 18.0 Å². The number of hydrogen-bond donors (Lipinski definition) is 2. The summed E-state index contributed by atoms with van der Waals surface area (Å²) in [5.74, 6) is 0. The molecule has 0 aliphatic carbocycles. The molecule has 1 atom stereocenters. The van der Waals surface area contributed by atoms with Gasteiger partial charge in [-0.2, -0.15) is 13.2 Å². The van der Waals surface area contributed by atoms with Crippen LogP contribution in [0.1, 0.15) is 50.8 Å². The summed E-state index contributed by atoms with van der Waals surface area (Å²) in [6.07, 6.45) is -2.77. The van der Waals surface area contributed by atoms with Crippen molar-refractivity contribution in [3.63, 3.8) is 0 Å². The van der Waals surface area contributed by atoms with Crippen LogP contribution in [0.3, 0.4) is 0 Å². The summed E-state index contributed by atoms with van der Waals surface area (Å²) in [5.41, 5.74) is -0.293. The minimum absolute atomic E-state index is 0.0682. The van der Waals surface area contributed by atoms with Gasteiger partial charge in [0.15, 0.2) is 0 Å². The Balaban J connectivity index is 2.71. The van der Waals surface area contributed by atoms with Crippen molar-refractivity contribution >= 4 is 6.03 Å². The molecule has 2 amide bonds. The van der Waals surface area contributed by atoms with Gasteiger partial charge in [-0.3, -0.25) is 0 Å². The fraction of sp³-hybridized carbons (Fsp3) is 0.533. The summed E-state index contributed by atoms with van der Waals surface area (Å²) in [5, 5.41) is 5.45. The van der Waals surface area contributed by atoms with E-state index in [1.54, 1.807) is 13.0 Å². The van der Waals surface area contributed by atoms with Crippen LogP contribution in [0.15, 0.2) is 24.3 Å². The summed E-state index contributed by atoms with van der Waals surface area (Å²) >= 11 is 0. The summed E-state index contributed by atoms with van der Waals surface area (Å²) < 4.78 is 38.0. The van der Waals surface area contributed by atoms with Crippen LogP contribution >= 0.6 is 0 Å². The van der Waals surface area contributed by atoms with Crippen molar-refractivity contribution in [1.82, 2.24) is 10.6 Å². The molecule has 0 spiro atoms. The molecule has 2 N–H and O–H groups in total. The van der Waals surface area contributed by atoms with Crippen LogP contribution in [0, 0.1) is 0 Å². The highest BCUT2D eigenvalue weighted by molar-refractivity contribution is 5.74. The summed E-state index contributed by atoms with van der Waals surface area (Å²) in [4.78, 5) is 11.8. The third kappa shape index (κ3) is 5.28. The Bertz CT molecular complexity index is 470. The molecule has 1 rings (SSSR count). The van der Waals surface area contributed by atoms with E-state index in [-0.39, 0.29) is 12.1 Å². The molecule has 3 nitrogen and oxygen atoms in total. The van der Waals surface area contributed by atoms with Gasteiger partial charge in [-0.05, 0) is 37.5 Å². The first kappa shape index (κ1) is 17.3. The normalized spacial score (nSPS) is 13.1. The number of hydrogen-bond acceptors (Lipinski definition) is 1. The Kier molecular flexibility index (Phi) is 6.05. The molecule has 0 saturated heterocycles. The maximum Gasteiger partial charge on any atom is 0.416 e. The summed E-state index contributed by atoms with van der Waals surface area (Å²) in [6.45, 7) is 5.58. The smallest absolute Gasteiger partial charge is 0.335 e. The van der Waals surface area contributed by atoms with Gasteiger partial charge in [-0.15, -0.1) is 0 Å². The van der Waals surface area contributed by atoms with Crippen LogP contribution < -0.4 is 10.6 Å². The first-order valence-electron chi connectivity index (χ1n) is 7.02. The second kappa shape index (κ2) is 7.33. The lowest BCUT2D eigenvalue weighted by Gasteiger charge is -2.20. The van der Waals surface area contributed by atoms with Crippen LogP contribution in [0.2, 0.25) is 0 Å². The highest BCUT2D eigenvalue weighted by atomic mass is 19.4. The molecule has 21 heavy (non-hydrogen) atoms. The predicted octanol–water partition coefficient (Wildman–Crippen LogP) is 4.25. The topological polar surface area (TPSA) is 41.1 Å². The molecular formula is C15H21F3N2O. The van der Waals surface area contributed by atoms with Gasteiger partial charge in [0.25, 0.3) is 0 Å². The minimum atomic E-state index is -4.38. The van der Waals surface area contributed by atoms with E-state index in [1.807, 2.05) is 13.8 Å². The van der Waals surface area contributed by atoms with E-state index in [0.29, 0.717) is 5.56 Å². The molecule has 118 valence electrons. The van der Waals surface area contributed by atoms with Gasteiger partial charge in [0, 0.05) is 6.04 Å². The Hall–Kier alpha value is -1.72. The number of benzene rings is 1. The molecule has 1 unspecified atom stereocenters. The molecule has 0 bridgehead atoms. The molecule has 0 saturated carbocycles. The highest BCUT2D eigenvalue weighted by Crippen LogP contribution is 2.30. The van der Waals surface area contributed by atoms with Crippen molar-refractivity contribution in [2.24, 2.45) is 0 Å². The maximum absolute atomic E-state index is 12.7. The van der Waals surface area contributed by atoms with Crippen LogP contribution in [0.25, 0.3) is 0 Å². The molecule has 0 aliphatic heterocycles. The Morgan fingerprint density at radius 1 is 1.19 bits per heavy atom. The number of urea groups is 1. The average molecular weight is 302 g/mol. The number of carbonyl (C=O) groups is 1. The fourth-order valence-corrected chi connectivity index (χ4v) is 1.98. The van der Waals surface area contributed by atoms with E-state index in [4.69, 9.17) is 0 Å². The zero-order valence-corrected chi connectivity index (χ0v) is 12.4. The Labute approximate surface area is 122 Å². The zero-order chi connectivity index (χ0) is 16.0. The lowest BCUT2D eigenvalue weighted by atomic mass is 10.1. The van der Waals surface area contributed by atoms with Crippen molar-refractivity contribution < 1.29 is 18.0 Å². The van der Waals surface area contributed by atoms with Crippen LogP contribution in [-0.2, 0) is 6.18 Å². The first-order valence-corrected chi connectivity index (χ1v) is 7.02. The molecule has 1 aromatic carbocycles. The fourth-order valence-electron chi connectivity index (χ4n) is 1.98. The van der Waals surface area contributed by atoms with Gasteiger partial charge in [-0.25, -0.2) is 4.79 Å². The quantitative estimate of drug-likeness (QED) is 0.838. The van der Waals surface area contributed by atoms with Crippen molar-refractivity contribution in [3.05, 3.63) is 35.4 Å². The van der Waals surface area contributed by atoms with Gasteiger partial charge in [0.2, 0.25) is 0 Å². The van der Waals surface area contributed by atoms with Crippen LogP contribution in [0.4, 0.5) is 18.0 Å². The first-order chi connectivity index (χ1) is 9.77. The summed E-state index contributed by atoms with van der Waals surface area (Å²) in [7, 11) is 0. The standard InChI is InChI=1S/C15H21F3N2O/c1-4-13(5-2)20-14(21)19-10(3)11-7-6-8-12(9-11)15(16,17)18/h6-10,13H,4-5H2,1-3H3,(H2,19,20,21). The second-order valence-corrected chi connectivity index (χ2v) is 4.98. The van der Waals surface area contributed by atoms with E-state index in [1.165, 1.54) is 6.07 Å². The number of alkyl halides is 3. The van der Waals surface area contributed by atoms with Gasteiger partial charge in [-0.1, -0.05) is 26.0 Å². The number of amides is 2. The third-order valence-electron chi connectivity index (χ3n) is 3.38. The molecule has 0 aromatic heterocycles. The molecule has 0 fully saturated rings. The predicted molar refractivity (Wildman–Crippen MR) is 75.9 cm³/mol. The van der Waals surface area contributed by atoms with E-state index in [2.05, 4.69) is 10.6 Å². The van der Waals surface area contributed by atoms with Crippen LogP contribution in [0.5, 0.6) is 0 Å². The average Bonchev–Trinajstić information content (AvgIpc) is 2.43. The third-order valence-corrected chi connectivity index (χ3v) is 3.38. The number of halogens is 3. The van der Waals surface area contributed by atoms with E-state index in [0.717, 1.165) is 25.0 Å². The van der Waals surface area contributed by atoms with Gasteiger partial charge in [0.05, 0.1) is 11.6 Å². The number of rotatable bonds is 5. The molecular weight excluding hydrogens is 281 g/mol. The van der Waals surface area contributed by atoms with Crippen LogP contribution in [-0.4, -0.2) is 12.1 Å². The second-order valence-electron chi connectivity index (χ2n) is 4.98. The highest BCUT2D eigenvalue weighted by Gasteiger charge is 2.30. The SMILES string of the molecule is CCC(CC)NC(=O)NC(C)c1cccc(C(F)(F)F)c1. The largest absolute Gasteiger partial charge is 0.416 e. The van der Waals surface area contributed by atoms with Gasteiger partial charge in [0.1, 0.15) is 0 Å². The van der Waals surface area contributed by atoms with Crippen molar-refractivity contribution in [3.8, 4) is 0 Å². The maximum atomic E-state index is 12.7. The van der Waals surface area contributed by atoms with Gasteiger partial charge >= 0.3 is 12.2 Å². The Morgan fingerprint density at radius 2 is 1.81 bits per heavy atom.